The summed E-state index contributed by atoms with van der Waals surface area (Å²) in [5, 5.41) is 21.7. The molecular weight excluding hydrogens is 310 g/mol. The summed E-state index contributed by atoms with van der Waals surface area (Å²) in [6, 6.07) is 14.9. The van der Waals surface area contributed by atoms with Crippen LogP contribution in [0.3, 0.4) is 0 Å². The number of methoxy groups -OCH3 is 1. The molecule has 0 aromatic heterocycles. The first-order valence-corrected chi connectivity index (χ1v) is 7.77. The SMILES string of the molecule is COc1cccc2c1OC(O)[C@@H](Cc1ccccc1)[C@H]2C[N+](=O)[O-]. The van der Waals surface area contributed by atoms with E-state index in [4.69, 9.17) is 9.47 Å². The van der Waals surface area contributed by atoms with Gasteiger partial charge in [-0.3, -0.25) is 10.1 Å². The Balaban J connectivity index is 1.99. The molecule has 0 bridgehead atoms. The van der Waals surface area contributed by atoms with E-state index in [0.717, 1.165) is 5.56 Å². The van der Waals surface area contributed by atoms with E-state index in [1.165, 1.54) is 7.11 Å². The molecule has 0 spiro atoms. The van der Waals surface area contributed by atoms with E-state index in [1.54, 1.807) is 18.2 Å². The van der Waals surface area contributed by atoms with Gasteiger partial charge >= 0.3 is 0 Å². The zero-order chi connectivity index (χ0) is 17.1. The van der Waals surface area contributed by atoms with Crippen LogP contribution in [-0.4, -0.2) is 30.0 Å². The second-order valence-corrected chi connectivity index (χ2v) is 5.86. The molecule has 2 aromatic carbocycles. The van der Waals surface area contributed by atoms with Crippen LogP contribution in [0.1, 0.15) is 17.0 Å². The van der Waals surface area contributed by atoms with Gasteiger partial charge in [0.25, 0.3) is 0 Å². The Morgan fingerprint density at radius 1 is 1.21 bits per heavy atom. The summed E-state index contributed by atoms with van der Waals surface area (Å²) in [5.74, 6) is 0.00758. The van der Waals surface area contributed by atoms with Crippen LogP contribution in [0.25, 0.3) is 0 Å². The molecule has 1 aliphatic rings. The van der Waals surface area contributed by atoms with E-state index < -0.39 is 18.1 Å². The summed E-state index contributed by atoms with van der Waals surface area (Å²) in [6.07, 6.45) is -0.629. The van der Waals surface area contributed by atoms with Crippen LogP contribution in [0, 0.1) is 16.0 Å². The highest BCUT2D eigenvalue weighted by Gasteiger charge is 2.41. The fourth-order valence-corrected chi connectivity index (χ4v) is 3.27. The van der Waals surface area contributed by atoms with Crippen molar-refractivity contribution in [3.05, 3.63) is 69.8 Å². The van der Waals surface area contributed by atoms with Crippen LogP contribution >= 0.6 is 0 Å². The van der Waals surface area contributed by atoms with Gasteiger partial charge < -0.3 is 14.6 Å². The first-order chi connectivity index (χ1) is 11.6. The summed E-state index contributed by atoms with van der Waals surface area (Å²) in [7, 11) is 1.50. The van der Waals surface area contributed by atoms with Gasteiger partial charge in [-0.05, 0) is 18.1 Å². The van der Waals surface area contributed by atoms with Crippen LogP contribution in [0.5, 0.6) is 11.5 Å². The molecule has 2 aromatic rings. The van der Waals surface area contributed by atoms with Crippen LogP contribution < -0.4 is 9.47 Å². The molecule has 0 saturated heterocycles. The van der Waals surface area contributed by atoms with Crippen molar-refractivity contribution in [2.45, 2.75) is 18.6 Å². The van der Waals surface area contributed by atoms with Gasteiger partial charge in [-0.25, -0.2) is 0 Å². The molecule has 1 unspecified atom stereocenters. The third-order valence-corrected chi connectivity index (χ3v) is 4.41. The Morgan fingerprint density at radius 2 is 1.96 bits per heavy atom. The number of fused-ring (bicyclic) bond motifs is 1. The summed E-state index contributed by atoms with van der Waals surface area (Å²) < 4.78 is 10.9. The molecule has 0 fully saturated rings. The number of benzene rings is 2. The molecule has 1 aliphatic heterocycles. The number of nitrogens with zero attached hydrogens (tertiary/aromatic N) is 1. The minimum absolute atomic E-state index is 0.266. The number of aliphatic hydroxyl groups excluding tert-OH is 1. The van der Waals surface area contributed by atoms with Crippen molar-refractivity contribution in [3.8, 4) is 11.5 Å². The number of hydrogen-bond donors (Lipinski definition) is 1. The van der Waals surface area contributed by atoms with Gasteiger partial charge in [-0.15, -0.1) is 0 Å². The van der Waals surface area contributed by atoms with Gasteiger partial charge in [0.1, 0.15) is 0 Å². The molecule has 6 nitrogen and oxygen atoms in total. The molecule has 0 aliphatic carbocycles. The molecule has 0 radical (unpaired) electrons. The highest BCUT2D eigenvalue weighted by molar-refractivity contribution is 5.50. The molecule has 24 heavy (non-hydrogen) atoms. The summed E-state index contributed by atoms with van der Waals surface area (Å²) in [5.41, 5.74) is 1.71. The third kappa shape index (κ3) is 3.19. The molecule has 126 valence electrons. The lowest BCUT2D eigenvalue weighted by Gasteiger charge is -2.36. The van der Waals surface area contributed by atoms with E-state index in [2.05, 4.69) is 0 Å². The molecule has 0 amide bonds. The van der Waals surface area contributed by atoms with Gasteiger partial charge in [-0.1, -0.05) is 42.5 Å². The molecule has 0 saturated carbocycles. The molecule has 3 atom stereocenters. The largest absolute Gasteiger partial charge is 0.493 e. The van der Waals surface area contributed by atoms with Crippen molar-refractivity contribution in [1.82, 2.24) is 0 Å². The minimum atomic E-state index is -1.13. The van der Waals surface area contributed by atoms with Gasteiger partial charge in [0, 0.05) is 16.4 Å². The third-order valence-electron chi connectivity index (χ3n) is 4.41. The summed E-state index contributed by atoms with van der Waals surface area (Å²) >= 11 is 0. The van der Waals surface area contributed by atoms with Crippen molar-refractivity contribution < 1.29 is 19.5 Å². The van der Waals surface area contributed by atoms with E-state index in [1.807, 2.05) is 30.3 Å². The van der Waals surface area contributed by atoms with Gasteiger partial charge in [-0.2, -0.15) is 0 Å². The maximum absolute atomic E-state index is 11.2. The van der Waals surface area contributed by atoms with Crippen molar-refractivity contribution in [2.75, 3.05) is 13.7 Å². The lowest BCUT2D eigenvalue weighted by molar-refractivity contribution is -0.486. The van der Waals surface area contributed by atoms with Crippen LogP contribution in [0.15, 0.2) is 48.5 Å². The Morgan fingerprint density at radius 3 is 2.62 bits per heavy atom. The molecule has 3 rings (SSSR count). The Labute approximate surface area is 139 Å². The highest BCUT2D eigenvalue weighted by Crippen LogP contribution is 2.45. The van der Waals surface area contributed by atoms with Crippen LogP contribution in [-0.2, 0) is 6.42 Å². The summed E-state index contributed by atoms with van der Waals surface area (Å²) in [4.78, 5) is 10.8. The average Bonchev–Trinajstić information content (AvgIpc) is 2.58. The maximum atomic E-state index is 11.2. The highest BCUT2D eigenvalue weighted by atomic mass is 16.6. The Bertz CT molecular complexity index is 719. The maximum Gasteiger partial charge on any atom is 0.211 e. The smallest absolute Gasteiger partial charge is 0.211 e. The van der Waals surface area contributed by atoms with Gasteiger partial charge in [0.05, 0.1) is 13.0 Å². The van der Waals surface area contributed by atoms with Crippen LogP contribution in [0.2, 0.25) is 0 Å². The molecule has 6 heteroatoms. The topological polar surface area (TPSA) is 81.8 Å². The number of nitro groups is 1. The minimum Gasteiger partial charge on any atom is -0.493 e. The van der Waals surface area contributed by atoms with Crippen molar-refractivity contribution in [2.24, 2.45) is 5.92 Å². The zero-order valence-corrected chi connectivity index (χ0v) is 13.3. The van der Waals surface area contributed by atoms with E-state index in [0.29, 0.717) is 23.5 Å². The Kier molecular flexibility index (Phi) is 4.66. The molecule has 1 heterocycles. The second kappa shape index (κ2) is 6.88. The van der Waals surface area contributed by atoms with E-state index >= 15 is 0 Å². The second-order valence-electron chi connectivity index (χ2n) is 5.86. The molecule has 1 N–H and O–H groups in total. The lowest BCUT2D eigenvalue weighted by Crippen LogP contribution is -2.40. The first-order valence-electron chi connectivity index (χ1n) is 7.77. The number of rotatable bonds is 5. The van der Waals surface area contributed by atoms with Crippen molar-refractivity contribution in [3.63, 3.8) is 0 Å². The average molecular weight is 329 g/mol. The number of hydrogen-bond acceptors (Lipinski definition) is 5. The fourth-order valence-electron chi connectivity index (χ4n) is 3.27. The standard InChI is InChI=1S/C18H19NO5/c1-23-16-9-5-8-13-15(11-19(21)22)14(18(20)24-17(13)16)10-12-6-3-2-4-7-12/h2-9,14-15,18,20H,10-11H2,1H3/t14-,15-,18?/m0/s1. The lowest BCUT2D eigenvalue weighted by atomic mass is 9.79. The fraction of sp³-hybridized carbons (Fsp3) is 0.333. The molecular formula is C18H19NO5. The van der Waals surface area contributed by atoms with Crippen molar-refractivity contribution in [1.29, 1.82) is 0 Å². The zero-order valence-electron chi connectivity index (χ0n) is 13.3. The van der Waals surface area contributed by atoms with E-state index in [9.17, 15) is 15.2 Å². The number of ether oxygens (including phenoxy) is 2. The van der Waals surface area contributed by atoms with Crippen molar-refractivity contribution >= 4 is 0 Å². The number of aliphatic hydroxyl groups is 1. The van der Waals surface area contributed by atoms with Gasteiger partial charge in [0.15, 0.2) is 11.5 Å². The summed E-state index contributed by atoms with van der Waals surface area (Å²) in [6.45, 7) is -0.266. The van der Waals surface area contributed by atoms with E-state index in [-0.39, 0.29) is 11.5 Å². The van der Waals surface area contributed by atoms with Gasteiger partial charge in [0.2, 0.25) is 12.8 Å². The number of para-hydroxylation sites is 1. The predicted molar refractivity (Wildman–Crippen MR) is 87.9 cm³/mol. The first kappa shape index (κ1) is 16.3. The predicted octanol–water partition coefficient (Wildman–Crippen LogP) is 2.63. The monoisotopic (exact) mass is 329 g/mol. The van der Waals surface area contributed by atoms with Crippen LogP contribution in [0.4, 0.5) is 0 Å². The normalized spacial score (nSPS) is 22.3. The quantitative estimate of drug-likeness (QED) is 0.673. The Hall–Kier alpha value is -2.60.